The van der Waals surface area contributed by atoms with Crippen molar-refractivity contribution >= 4 is 33.7 Å². The van der Waals surface area contributed by atoms with E-state index in [9.17, 15) is 0 Å². The van der Waals surface area contributed by atoms with Gasteiger partial charge in [-0.15, -0.1) is 0 Å². The number of para-hydroxylation sites is 1. The van der Waals surface area contributed by atoms with Crippen LogP contribution in [-0.4, -0.2) is 16.9 Å². The quantitative estimate of drug-likeness (QED) is 0.685. The number of alkyl halides is 1. The number of nitrogens with zero attached hydrogens (tertiary/aromatic N) is 2. The zero-order valence-electron chi connectivity index (χ0n) is 7.94. The van der Waals surface area contributed by atoms with Crippen molar-refractivity contribution in [3.05, 3.63) is 29.8 Å². The zero-order chi connectivity index (χ0) is 9.97. The molecule has 0 saturated carbocycles. The molecule has 0 N–H and O–H groups in total. The van der Waals surface area contributed by atoms with Gasteiger partial charge in [0.05, 0.1) is 10.5 Å². The summed E-state index contributed by atoms with van der Waals surface area (Å²) in [5, 5.41) is 0. The Morgan fingerprint density at radius 1 is 1.36 bits per heavy atom. The van der Waals surface area contributed by atoms with Gasteiger partial charge in [0.1, 0.15) is 5.84 Å². The molecule has 2 rings (SSSR count). The summed E-state index contributed by atoms with van der Waals surface area (Å²) in [6.07, 6.45) is 2.78. The van der Waals surface area contributed by atoms with Crippen LogP contribution in [0.2, 0.25) is 0 Å². The van der Waals surface area contributed by atoms with E-state index in [2.05, 4.69) is 32.0 Å². The fourth-order valence-electron chi connectivity index (χ4n) is 1.37. The minimum atomic E-state index is 0.199. The molecule has 1 unspecified atom stereocenters. The maximum absolute atomic E-state index is 4.51. The van der Waals surface area contributed by atoms with Crippen LogP contribution in [-0.2, 0) is 6.42 Å². The van der Waals surface area contributed by atoms with Crippen LogP contribution < -0.4 is 0 Å². The van der Waals surface area contributed by atoms with E-state index in [1.165, 1.54) is 5.56 Å². The van der Waals surface area contributed by atoms with Crippen LogP contribution in [0.1, 0.15) is 12.5 Å². The number of benzene rings is 1. The molecule has 0 bridgehead atoms. The summed E-state index contributed by atoms with van der Waals surface area (Å²) in [4.78, 5) is 9.03. The number of hydrogen-bond donors (Lipinski definition) is 0. The number of fused-ring (bicyclic) bond motifs is 1. The molecule has 1 heterocycles. The molecule has 72 valence electrons. The second-order valence-electron chi connectivity index (χ2n) is 3.23. The first-order chi connectivity index (χ1) is 6.77. The molecule has 14 heavy (non-hydrogen) atoms. The molecule has 0 saturated heterocycles. The topological polar surface area (TPSA) is 24.7 Å². The Morgan fingerprint density at radius 2 is 2.14 bits per heavy atom. The number of amidine groups is 1. The predicted octanol–water partition coefficient (Wildman–Crippen LogP) is 3.13. The number of hydrogen-bond acceptors (Lipinski definition) is 2. The summed E-state index contributed by atoms with van der Waals surface area (Å²) in [5.41, 5.74) is 2.27. The van der Waals surface area contributed by atoms with Gasteiger partial charge in [0, 0.05) is 12.6 Å². The van der Waals surface area contributed by atoms with Gasteiger partial charge in [-0.1, -0.05) is 34.1 Å². The van der Waals surface area contributed by atoms with E-state index >= 15 is 0 Å². The van der Waals surface area contributed by atoms with Crippen LogP contribution in [0, 0.1) is 0 Å². The van der Waals surface area contributed by atoms with Crippen LogP contribution in [0.4, 0.5) is 5.69 Å². The van der Waals surface area contributed by atoms with Crippen molar-refractivity contribution in [2.24, 2.45) is 9.98 Å². The molecule has 0 aliphatic carbocycles. The van der Waals surface area contributed by atoms with Crippen LogP contribution in [0.25, 0.3) is 0 Å². The molecule has 2 nitrogen and oxygen atoms in total. The monoisotopic (exact) mass is 250 g/mol. The molecule has 1 aromatic rings. The lowest BCUT2D eigenvalue weighted by Crippen LogP contribution is -2.05. The van der Waals surface area contributed by atoms with Gasteiger partial charge in [-0.25, -0.2) is 9.98 Å². The lowest BCUT2D eigenvalue weighted by molar-refractivity contribution is 1.28. The Balaban J connectivity index is 2.46. The standard InChI is InChI=1S/C11H11BrN2/c1-8(12)11-13-7-6-9-4-2-3-5-10(9)14-11/h2-5,7-8H,6H2,1H3. The molecule has 0 amide bonds. The molecule has 1 aliphatic rings. The summed E-state index contributed by atoms with van der Waals surface area (Å²) in [6.45, 7) is 2.03. The van der Waals surface area contributed by atoms with Gasteiger partial charge in [-0.05, 0) is 18.6 Å². The predicted molar refractivity (Wildman–Crippen MR) is 64.1 cm³/mol. The molecular formula is C11H11BrN2. The number of rotatable bonds is 1. The lowest BCUT2D eigenvalue weighted by Gasteiger charge is -2.02. The van der Waals surface area contributed by atoms with Crippen molar-refractivity contribution in [3.8, 4) is 0 Å². The number of aliphatic imine (C=N–C) groups is 2. The molecule has 0 radical (unpaired) electrons. The van der Waals surface area contributed by atoms with Gasteiger partial charge in [-0.2, -0.15) is 0 Å². The minimum Gasteiger partial charge on any atom is -0.244 e. The first-order valence-electron chi connectivity index (χ1n) is 4.60. The molecule has 0 aromatic heterocycles. The third-order valence-corrected chi connectivity index (χ3v) is 2.53. The second kappa shape index (κ2) is 4.05. The minimum absolute atomic E-state index is 0.199. The molecular weight excluding hydrogens is 240 g/mol. The third-order valence-electron chi connectivity index (χ3n) is 2.12. The van der Waals surface area contributed by atoms with E-state index in [4.69, 9.17) is 0 Å². The van der Waals surface area contributed by atoms with Crippen LogP contribution in [0.5, 0.6) is 0 Å². The van der Waals surface area contributed by atoms with E-state index in [1.807, 2.05) is 31.3 Å². The molecule has 1 aliphatic heterocycles. The maximum Gasteiger partial charge on any atom is 0.141 e. The summed E-state index contributed by atoms with van der Waals surface area (Å²) in [5.74, 6) is 0.843. The van der Waals surface area contributed by atoms with Crippen LogP contribution in [0.3, 0.4) is 0 Å². The van der Waals surface area contributed by atoms with Gasteiger partial charge in [-0.3, -0.25) is 0 Å². The Labute approximate surface area is 91.9 Å². The summed E-state index contributed by atoms with van der Waals surface area (Å²) >= 11 is 3.48. The summed E-state index contributed by atoms with van der Waals surface area (Å²) < 4.78 is 0. The Kier molecular flexibility index (Phi) is 2.77. The van der Waals surface area contributed by atoms with Gasteiger partial charge < -0.3 is 0 Å². The summed E-state index contributed by atoms with van der Waals surface area (Å²) in [6, 6.07) is 8.15. The average molecular weight is 251 g/mol. The molecule has 0 spiro atoms. The van der Waals surface area contributed by atoms with Crippen molar-refractivity contribution in [3.63, 3.8) is 0 Å². The second-order valence-corrected chi connectivity index (χ2v) is 4.60. The van der Waals surface area contributed by atoms with E-state index in [0.717, 1.165) is 17.9 Å². The fraction of sp³-hybridized carbons (Fsp3) is 0.273. The van der Waals surface area contributed by atoms with E-state index in [1.54, 1.807) is 0 Å². The lowest BCUT2D eigenvalue weighted by atomic mass is 10.1. The van der Waals surface area contributed by atoms with Crippen molar-refractivity contribution in [2.45, 2.75) is 18.2 Å². The first-order valence-corrected chi connectivity index (χ1v) is 5.52. The number of halogens is 1. The first kappa shape index (κ1) is 9.59. The molecule has 1 atom stereocenters. The molecule has 1 aromatic carbocycles. The average Bonchev–Trinajstić information content (AvgIpc) is 2.39. The van der Waals surface area contributed by atoms with Gasteiger partial charge in [0.2, 0.25) is 0 Å². The van der Waals surface area contributed by atoms with E-state index < -0.39 is 0 Å². The van der Waals surface area contributed by atoms with Crippen molar-refractivity contribution in [1.29, 1.82) is 0 Å². The van der Waals surface area contributed by atoms with Crippen LogP contribution in [0.15, 0.2) is 34.3 Å². The summed E-state index contributed by atoms with van der Waals surface area (Å²) in [7, 11) is 0. The highest BCUT2D eigenvalue weighted by Crippen LogP contribution is 2.22. The largest absolute Gasteiger partial charge is 0.244 e. The Bertz CT molecular complexity index is 394. The highest BCUT2D eigenvalue weighted by molar-refractivity contribution is 9.10. The van der Waals surface area contributed by atoms with E-state index in [0.29, 0.717) is 0 Å². The van der Waals surface area contributed by atoms with Crippen molar-refractivity contribution in [1.82, 2.24) is 0 Å². The third kappa shape index (κ3) is 1.93. The maximum atomic E-state index is 4.51. The van der Waals surface area contributed by atoms with E-state index in [-0.39, 0.29) is 4.83 Å². The Morgan fingerprint density at radius 3 is 2.93 bits per heavy atom. The highest BCUT2D eigenvalue weighted by Gasteiger charge is 2.09. The fourth-order valence-corrected chi connectivity index (χ4v) is 1.59. The van der Waals surface area contributed by atoms with Gasteiger partial charge in [0.25, 0.3) is 0 Å². The van der Waals surface area contributed by atoms with Gasteiger partial charge >= 0.3 is 0 Å². The molecule has 0 fully saturated rings. The smallest absolute Gasteiger partial charge is 0.141 e. The Hall–Kier alpha value is -0.960. The van der Waals surface area contributed by atoms with Crippen LogP contribution >= 0.6 is 15.9 Å². The SMILES string of the molecule is CC(Br)C1=Nc2ccccc2CC=N1. The van der Waals surface area contributed by atoms with Crippen molar-refractivity contribution in [2.75, 3.05) is 0 Å². The zero-order valence-corrected chi connectivity index (χ0v) is 9.53. The van der Waals surface area contributed by atoms with Gasteiger partial charge in [0.15, 0.2) is 0 Å². The normalized spacial score (nSPS) is 16.9. The highest BCUT2D eigenvalue weighted by atomic mass is 79.9. The van der Waals surface area contributed by atoms with Crippen molar-refractivity contribution < 1.29 is 0 Å². The molecule has 3 heteroatoms.